The standard InChI is InChI=1S/C12H24N2O2/c1-12(2,7-8-15)9-13-11(16)14-10-5-3-4-6-10/h10,15H,3-9H2,1-2H3,(H2,13,14,16). The molecule has 0 unspecified atom stereocenters. The van der Waals surface area contributed by atoms with Crippen molar-refractivity contribution in [2.75, 3.05) is 13.2 Å². The van der Waals surface area contributed by atoms with Gasteiger partial charge in [-0.15, -0.1) is 0 Å². The minimum Gasteiger partial charge on any atom is -0.396 e. The van der Waals surface area contributed by atoms with Crippen LogP contribution in [-0.4, -0.2) is 30.3 Å². The molecule has 0 radical (unpaired) electrons. The molecule has 1 rings (SSSR count). The molecule has 2 amide bonds. The van der Waals surface area contributed by atoms with Crippen molar-refractivity contribution in [1.82, 2.24) is 10.6 Å². The van der Waals surface area contributed by atoms with Gasteiger partial charge in [0.05, 0.1) is 0 Å². The summed E-state index contributed by atoms with van der Waals surface area (Å²) >= 11 is 0. The van der Waals surface area contributed by atoms with E-state index in [0.717, 1.165) is 12.8 Å². The lowest BCUT2D eigenvalue weighted by Gasteiger charge is -2.24. The topological polar surface area (TPSA) is 61.4 Å². The number of amides is 2. The van der Waals surface area contributed by atoms with Crippen LogP contribution in [0.2, 0.25) is 0 Å². The molecular weight excluding hydrogens is 204 g/mol. The van der Waals surface area contributed by atoms with Crippen molar-refractivity contribution in [3.63, 3.8) is 0 Å². The Morgan fingerprint density at radius 3 is 2.56 bits per heavy atom. The van der Waals surface area contributed by atoms with E-state index in [-0.39, 0.29) is 18.1 Å². The van der Waals surface area contributed by atoms with Gasteiger partial charge in [0.25, 0.3) is 0 Å². The number of hydrogen-bond donors (Lipinski definition) is 3. The summed E-state index contributed by atoms with van der Waals surface area (Å²) in [5.74, 6) is 0. The normalized spacial score (nSPS) is 17.4. The molecule has 4 heteroatoms. The van der Waals surface area contributed by atoms with Crippen LogP contribution in [-0.2, 0) is 0 Å². The summed E-state index contributed by atoms with van der Waals surface area (Å²) < 4.78 is 0. The third-order valence-corrected chi connectivity index (χ3v) is 3.21. The maximum atomic E-state index is 11.6. The lowest BCUT2D eigenvalue weighted by molar-refractivity contribution is 0.200. The van der Waals surface area contributed by atoms with Gasteiger partial charge in [0, 0.05) is 19.2 Å². The zero-order valence-corrected chi connectivity index (χ0v) is 10.4. The van der Waals surface area contributed by atoms with Gasteiger partial charge in [-0.3, -0.25) is 0 Å². The van der Waals surface area contributed by atoms with Crippen molar-refractivity contribution in [2.24, 2.45) is 5.41 Å². The summed E-state index contributed by atoms with van der Waals surface area (Å²) in [5.41, 5.74) is -0.0399. The van der Waals surface area contributed by atoms with E-state index in [1.54, 1.807) is 0 Å². The van der Waals surface area contributed by atoms with E-state index in [2.05, 4.69) is 10.6 Å². The molecule has 0 heterocycles. The summed E-state index contributed by atoms with van der Waals surface area (Å²) in [7, 11) is 0. The minimum absolute atomic E-state index is 0.0399. The van der Waals surface area contributed by atoms with Crippen LogP contribution in [0.25, 0.3) is 0 Å². The van der Waals surface area contributed by atoms with Gasteiger partial charge in [0.15, 0.2) is 0 Å². The summed E-state index contributed by atoms with van der Waals surface area (Å²) in [6.45, 7) is 4.85. The lowest BCUT2D eigenvalue weighted by Crippen LogP contribution is -2.44. The first-order valence-electron chi connectivity index (χ1n) is 6.19. The van der Waals surface area contributed by atoms with Gasteiger partial charge in [-0.05, 0) is 24.7 Å². The molecule has 1 fully saturated rings. The molecule has 0 aromatic carbocycles. The first kappa shape index (κ1) is 13.3. The summed E-state index contributed by atoms with van der Waals surface area (Å²) in [6, 6.07) is 0.291. The van der Waals surface area contributed by atoms with E-state index in [1.165, 1.54) is 12.8 Å². The van der Waals surface area contributed by atoms with Gasteiger partial charge in [0.2, 0.25) is 0 Å². The largest absolute Gasteiger partial charge is 0.396 e. The second kappa shape index (κ2) is 6.09. The Labute approximate surface area is 97.8 Å². The van der Waals surface area contributed by atoms with Crippen LogP contribution in [0.15, 0.2) is 0 Å². The molecule has 0 bridgehead atoms. The van der Waals surface area contributed by atoms with Gasteiger partial charge in [0.1, 0.15) is 0 Å². The summed E-state index contributed by atoms with van der Waals surface area (Å²) in [6.07, 6.45) is 5.36. The highest BCUT2D eigenvalue weighted by Gasteiger charge is 2.20. The second-order valence-electron chi connectivity index (χ2n) is 5.45. The zero-order chi connectivity index (χ0) is 12.0. The van der Waals surface area contributed by atoms with E-state index in [1.807, 2.05) is 13.8 Å². The molecule has 94 valence electrons. The van der Waals surface area contributed by atoms with Crippen LogP contribution in [0.1, 0.15) is 46.0 Å². The highest BCUT2D eigenvalue weighted by molar-refractivity contribution is 5.74. The van der Waals surface area contributed by atoms with Crippen molar-refractivity contribution in [3.05, 3.63) is 0 Å². The maximum absolute atomic E-state index is 11.6. The first-order chi connectivity index (χ1) is 7.53. The molecular formula is C12H24N2O2. The Morgan fingerprint density at radius 1 is 1.38 bits per heavy atom. The number of hydrogen-bond acceptors (Lipinski definition) is 2. The SMILES string of the molecule is CC(C)(CCO)CNC(=O)NC1CCCC1. The first-order valence-corrected chi connectivity index (χ1v) is 6.19. The van der Waals surface area contributed by atoms with E-state index < -0.39 is 0 Å². The highest BCUT2D eigenvalue weighted by atomic mass is 16.3. The number of nitrogens with one attached hydrogen (secondary N) is 2. The van der Waals surface area contributed by atoms with Crippen molar-refractivity contribution < 1.29 is 9.90 Å². The molecule has 0 spiro atoms. The molecule has 3 N–H and O–H groups in total. The molecule has 4 nitrogen and oxygen atoms in total. The van der Waals surface area contributed by atoms with E-state index >= 15 is 0 Å². The van der Waals surface area contributed by atoms with Crippen LogP contribution in [0.3, 0.4) is 0 Å². The molecule has 0 aliphatic heterocycles. The van der Waals surface area contributed by atoms with E-state index in [4.69, 9.17) is 5.11 Å². The van der Waals surface area contributed by atoms with Gasteiger partial charge in [-0.2, -0.15) is 0 Å². The molecule has 0 aromatic rings. The Kier molecular flexibility index (Phi) is 5.06. The van der Waals surface area contributed by atoms with Crippen LogP contribution in [0.5, 0.6) is 0 Å². The molecule has 1 aliphatic carbocycles. The minimum atomic E-state index is -0.0714. The maximum Gasteiger partial charge on any atom is 0.315 e. The second-order valence-corrected chi connectivity index (χ2v) is 5.45. The highest BCUT2D eigenvalue weighted by Crippen LogP contribution is 2.19. The van der Waals surface area contributed by atoms with Crippen molar-refractivity contribution >= 4 is 6.03 Å². The van der Waals surface area contributed by atoms with Crippen LogP contribution in [0, 0.1) is 5.41 Å². The smallest absolute Gasteiger partial charge is 0.315 e. The Hall–Kier alpha value is -0.770. The van der Waals surface area contributed by atoms with Gasteiger partial charge >= 0.3 is 6.03 Å². The van der Waals surface area contributed by atoms with Crippen molar-refractivity contribution in [2.45, 2.75) is 52.0 Å². The van der Waals surface area contributed by atoms with Crippen LogP contribution >= 0.6 is 0 Å². The fraction of sp³-hybridized carbons (Fsp3) is 0.917. The molecule has 1 saturated carbocycles. The van der Waals surface area contributed by atoms with Crippen molar-refractivity contribution in [1.29, 1.82) is 0 Å². The average Bonchev–Trinajstić information content (AvgIpc) is 2.68. The third-order valence-electron chi connectivity index (χ3n) is 3.21. The van der Waals surface area contributed by atoms with Crippen LogP contribution in [0.4, 0.5) is 4.79 Å². The lowest BCUT2D eigenvalue weighted by atomic mass is 9.90. The Morgan fingerprint density at radius 2 is 2.00 bits per heavy atom. The monoisotopic (exact) mass is 228 g/mol. The number of carbonyl (C=O) groups excluding carboxylic acids is 1. The predicted octanol–water partition coefficient (Wildman–Crippen LogP) is 1.64. The third kappa shape index (κ3) is 4.84. The quantitative estimate of drug-likeness (QED) is 0.670. The van der Waals surface area contributed by atoms with E-state index in [9.17, 15) is 4.79 Å². The fourth-order valence-corrected chi connectivity index (χ4v) is 2.02. The Bertz CT molecular complexity index is 223. The summed E-state index contributed by atoms with van der Waals surface area (Å²) in [4.78, 5) is 11.6. The fourth-order valence-electron chi connectivity index (χ4n) is 2.02. The van der Waals surface area contributed by atoms with Crippen LogP contribution < -0.4 is 10.6 Å². The Balaban J connectivity index is 2.18. The molecule has 16 heavy (non-hydrogen) atoms. The predicted molar refractivity (Wildman–Crippen MR) is 64.3 cm³/mol. The van der Waals surface area contributed by atoms with Gasteiger partial charge in [-0.25, -0.2) is 4.79 Å². The zero-order valence-electron chi connectivity index (χ0n) is 10.4. The molecule has 0 atom stereocenters. The van der Waals surface area contributed by atoms with Gasteiger partial charge in [-0.1, -0.05) is 26.7 Å². The van der Waals surface area contributed by atoms with Crippen molar-refractivity contribution in [3.8, 4) is 0 Å². The number of aliphatic hydroxyl groups excluding tert-OH is 1. The molecule has 0 aromatic heterocycles. The average molecular weight is 228 g/mol. The molecule has 0 saturated heterocycles. The molecule has 1 aliphatic rings. The summed E-state index contributed by atoms with van der Waals surface area (Å²) in [5, 5.41) is 14.7. The number of rotatable bonds is 5. The van der Waals surface area contributed by atoms with Gasteiger partial charge < -0.3 is 15.7 Å². The van der Waals surface area contributed by atoms with E-state index in [0.29, 0.717) is 19.0 Å². The number of urea groups is 1. The number of carbonyl (C=O) groups is 1. The number of aliphatic hydroxyl groups is 1.